The molecule has 1 aliphatic heterocycles. The lowest BCUT2D eigenvalue weighted by Gasteiger charge is -2.27. The van der Waals surface area contributed by atoms with Crippen LogP contribution in [-0.2, 0) is 11.3 Å². The van der Waals surface area contributed by atoms with E-state index in [-0.39, 0.29) is 11.5 Å². The second kappa shape index (κ2) is 5.63. The molecule has 0 unspecified atom stereocenters. The molecule has 5 nitrogen and oxygen atoms in total. The van der Waals surface area contributed by atoms with Gasteiger partial charge in [0.05, 0.1) is 0 Å². The molecule has 17 heavy (non-hydrogen) atoms. The van der Waals surface area contributed by atoms with Crippen LogP contribution in [0.25, 0.3) is 0 Å². The summed E-state index contributed by atoms with van der Waals surface area (Å²) in [7, 11) is 0. The van der Waals surface area contributed by atoms with Gasteiger partial charge in [0.1, 0.15) is 0 Å². The third kappa shape index (κ3) is 3.17. The number of nitrogens with one attached hydrogen (secondary N) is 1. The molecule has 0 atom stereocenters. The molecule has 5 heteroatoms. The van der Waals surface area contributed by atoms with Crippen molar-refractivity contribution in [2.75, 3.05) is 26.2 Å². The molecule has 1 N–H and O–H groups in total. The number of nitrogens with zero attached hydrogens (tertiary/aromatic N) is 2. The quantitative estimate of drug-likeness (QED) is 0.780. The predicted octanol–water partition coefficient (Wildman–Crippen LogP) is -0.330. The first-order chi connectivity index (χ1) is 8.27. The molecule has 0 spiro atoms. The van der Waals surface area contributed by atoms with Crippen molar-refractivity contribution < 1.29 is 4.79 Å². The minimum Gasteiger partial charge on any atom is -0.340 e. The van der Waals surface area contributed by atoms with Crippen molar-refractivity contribution in [2.45, 2.75) is 13.0 Å². The van der Waals surface area contributed by atoms with Gasteiger partial charge in [0, 0.05) is 51.4 Å². The number of aryl methyl sites for hydroxylation is 1. The number of pyridine rings is 1. The van der Waals surface area contributed by atoms with Crippen molar-refractivity contribution in [3.63, 3.8) is 0 Å². The van der Waals surface area contributed by atoms with Crippen molar-refractivity contribution >= 4 is 5.91 Å². The normalized spacial score (nSPS) is 15.9. The molecule has 0 aliphatic carbocycles. The molecule has 2 rings (SSSR count). The van der Waals surface area contributed by atoms with Gasteiger partial charge in [-0.25, -0.2) is 0 Å². The average molecular weight is 235 g/mol. The molecule has 1 saturated heterocycles. The van der Waals surface area contributed by atoms with Crippen LogP contribution in [0.3, 0.4) is 0 Å². The van der Waals surface area contributed by atoms with Gasteiger partial charge in [-0.3, -0.25) is 9.59 Å². The Morgan fingerprint density at radius 3 is 2.76 bits per heavy atom. The van der Waals surface area contributed by atoms with Crippen molar-refractivity contribution in [1.82, 2.24) is 14.8 Å². The highest BCUT2D eigenvalue weighted by Gasteiger charge is 2.15. The first-order valence-corrected chi connectivity index (χ1v) is 5.91. The summed E-state index contributed by atoms with van der Waals surface area (Å²) >= 11 is 0. The summed E-state index contributed by atoms with van der Waals surface area (Å²) in [5, 5.41) is 3.20. The molecule has 0 bridgehead atoms. The minimum absolute atomic E-state index is 0.0550. The van der Waals surface area contributed by atoms with Crippen LogP contribution in [0.2, 0.25) is 0 Å². The fraction of sp³-hybridized carbons (Fsp3) is 0.500. The molecule has 1 amide bonds. The highest BCUT2D eigenvalue weighted by molar-refractivity contribution is 5.76. The largest absolute Gasteiger partial charge is 0.340 e. The summed E-state index contributed by atoms with van der Waals surface area (Å²) in [6.45, 7) is 3.71. The van der Waals surface area contributed by atoms with Crippen LogP contribution in [-0.4, -0.2) is 41.6 Å². The van der Waals surface area contributed by atoms with Crippen LogP contribution < -0.4 is 10.9 Å². The van der Waals surface area contributed by atoms with Crippen LogP contribution >= 0.6 is 0 Å². The fourth-order valence-corrected chi connectivity index (χ4v) is 1.93. The lowest BCUT2D eigenvalue weighted by Crippen LogP contribution is -2.46. The maximum absolute atomic E-state index is 11.9. The van der Waals surface area contributed by atoms with Gasteiger partial charge in [0.2, 0.25) is 5.91 Å². The van der Waals surface area contributed by atoms with Crippen LogP contribution in [0.15, 0.2) is 29.2 Å². The molecule has 1 fully saturated rings. The van der Waals surface area contributed by atoms with Gasteiger partial charge in [-0.05, 0) is 6.07 Å². The number of hydrogen-bond acceptors (Lipinski definition) is 3. The zero-order valence-corrected chi connectivity index (χ0v) is 9.76. The van der Waals surface area contributed by atoms with Crippen molar-refractivity contribution in [1.29, 1.82) is 0 Å². The van der Waals surface area contributed by atoms with Crippen LogP contribution in [0.5, 0.6) is 0 Å². The molecular weight excluding hydrogens is 218 g/mol. The van der Waals surface area contributed by atoms with E-state index in [4.69, 9.17) is 0 Å². The summed E-state index contributed by atoms with van der Waals surface area (Å²) in [5.41, 5.74) is -0.0550. The number of carbonyl (C=O) groups excluding carboxylic acids is 1. The van der Waals surface area contributed by atoms with Gasteiger partial charge in [0.25, 0.3) is 5.56 Å². The molecule has 92 valence electrons. The van der Waals surface area contributed by atoms with Crippen molar-refractivity contribution in [3.8, 4) is 0 Å². The zero-order chi connectivity index (χ0) is 12.1. The second-order valence-electron chi connectivity index (χ2n) is 4.11. The van der Waals surface area contributed by atoms with E-state index >= 15 is 0 Å². The Kier molecular flexibility index (Phi) is 3.93. The smallest absolute Gasteiger partial charge is 0.250 e. The van der Waals surface area contributed by atoms with E-state index in [1.807, 2.05) is 4.90 Å². The zero-order valence-electron chi connectivity index (χ0n) is 9.76. The average Bonchev–Trinajstić information content (AvgIpc) is 2.38. The highest BCUT2D eigenvalue weighted by atomic mass is 16.2. The van der Waals surface area contributed by atoms with Gasteiger partial charge in [-0.1, -0.05) is 6.07 Å². The molecular formula is C12H17N3O2. The van der Waals surface area contributed by atoms with Gasteiger partial charge in [-0.15, -0.1) is 0 Å². The number of aromatic nitrogens is 1. The van der Waals surface area contributed by atoms with Gasteiger partial charge < -0.3 is 14.8 Å². The molecule has 0 saturated carbocycles. The number of amides is 1. The maximum Gasteiger partial charge on any atom is 0.250 e. The number of rotatable bonds is 3. The summed E-state index contributed by atoms with van der Waals surface area (Å²) in [5.74, 6) is 0.127. The van der Waals surface area contributed by atoms with E-state index in [2.05, 4.69) is 5.32 Å². The topological polar surface area (TPSA) is 54.3 Å². The Labute approximate surface area is 100 Å². The lowest BCUT2D eigenvalue weighted by molar-refractivity contribution is -0.132. The van der Waals surface area contributed by atoms with Crippen LogP contribution in [0.1, 0.15) is 6.42 Å². The Balaban J connectivity index is 1.87. The molecule has 1 aliphatic rings. The van der Waals surface area contributed by atoms with E-state index in [9.17, 15) is 9.59 Å². The standard InChI is InChI=1S/C12H17N3O2/c16-11-3-1-2-7-14(11)8-4-12(17)15-9-5-13-6-10-15/h1-3,7,13H,4-6,8-10H2. The van der Waals surface area contributed by atoms with E-state index in [1.165, 1.54) is 6.07 Å². The third-order valence-electron chi connectivity index (χ3n) is 2.94. The van der Waals surface area contributed by atoms with Crippen LogP contribution in [0, 0.1) is 0 Å². The maximum atomic E-state index is 11.9. The van der Waals surface area contributed by atoms with Crippen molar-refractivity contribution in [3.05, 3.63) is 34.7 Å². The highest BCUT2D eigenvalue weighted by Crippen LogP contribution is 1.98. The molecule has 0 aromatic carbocycles. The summed E-state index contributed by atoms with van der Waals surface area (Å²) in [6.07, 6.45) is 2.11. The Hall–Kier alpha value is -1.62. The molecule has 1 aromatic heterocycles. The Morgan fingerprint density at radius 1 is 1.29 bits per heavy atom. The summed E-state index contributed by atoms with van der Waals surface area (Å²) in [6, 6.07) is 5.02. The third-order valence-corrected chi connectivity index (χ3v) is 2.94. The SMILES string of the molecule is O=C(CCn1ccccc1=O)N1CCNCC1. The lowest BCUT2D eigenvalue weighted by atomic mass is 10.3. The van der Waals surface area contributed by atoms with E-state index in [1.54, 1.807) is 22.9 Å². The first-order valence-electron chi connectivity index (χ1n) is 5.91. The Bertz CT molecular complexity index is 435. The van der Waals surface area contributed by atoms with Gasteiger partial charge >= 0.3 is 0 Å². The van der Waals surface area contributed by atoms with Crippen molar-refractivity contribution in [2.24, 2.45) is 0 Å². The van der Waals surface area contributed by atoms with Crippen LogP contribution in [0.4, 0.5) is 0 Å². The number of hydrogen-bond donors (Lipinski definition) is 1. The predicted molar refractivity (Wildman–Crippen MR) is 64.8 cm³/mol. The van der Waals surface area contributed by atoms with Gasteiger partial charge in [-0.2, -0.15) is 0 Å². The number of carbonyl (C=O) groups is 1. The first kappa shape index (κ1) is 11.9. The summed E-state index contributed by atoms with van der Waals surface area (Å²) in [4.78, 5) is 25.2. The molecule has 2 heterocycles. The second-order valence-corrected chi connectivity index (χ2v) is 4.11. The minimum atomic E-state index is -0.0550. The van der Waals surface area contributed by atoms with E-state index in [0.717, 1.165) is 26.2 Å². The monoisotopic (exact) mass is 235 g/mol. The number of piperazine rings is 1. The summed E-state index contributed by atoms with van der Waals surface area (Å²) < 4.78 is 1.57. The fourth-order valence-electron chi connectivity index (χ4n) is 1.93. The Morgan fingerprint density at radius 2 is 2.06 bits per heavy atom. The molecule has 0 radical (unpaired) electrons. The van der Waals surface area contributed by atoms with Gasteiger partial charge in [0.15, 0.2) is 0 Å². The van der Waals surface area contributed by atoms with E-state index < -0.39 is 0 Å². The van der Waals surface area contributed by atoms with E-state index in [0.29, 0.717) is 13.0 Å². The molecule has 1 aromatic rings.